The van der Waals surface area contributed by atoms with Gasteiger partial charge in [0.2, 0.25) is 0 Å². The number of hydrogen-bond donors (Lipinski definition) is 3. The first-order valence-corrected chi connectivity index (χ1v) is 10.7. The smallest absolute Gasteiger partial charge is 0.331 e. The molecular formula is C25H36O4. The van der Waals surface area contributed by atoms with Gasteiger partial charge in [0.25, 0.3) is 0 Å². The van der Waals surface area contributed by atoms with Crippen LogP contribution in [0.1, 0.15) is 89.7 Å². The van der Waals surface area contributed by atoms with Gasteiger partial charge in [-0.25, -0.2) is 4.79 Å². The summed E-state index contributed by atoms with van der Waals surface area (Å²) in [5, 5.41) is 31.1. The SMILES string of the molecule is C=C(C)[C@H]1CCC(C(=O)O)=C[C@@H]1c1c(O)cc(C(C)(C)CCCCCC)cc1O. The average molecular weight is 401 g/mol. The van der Waals surface area contributed by atoms with Gasteiger partial charge in [-0.3, -0.25) is 0 Å². The Morgan fingerprint density at radius 3 is 2.31 bits per heavy atom. The fraction of sp³-hybridized carbons (Fsp3) is 0.560. The third-order valence-electron chi connectivity index (χ3n) is 6.35. The molecule has 0 unspecified atom stereocenters. The van der Waals surface area contributed by atoms with Gasteiger partial charge < -0.3 is 15.3 Å². The van der Waals surface area contributed by atoms with Gasteiger partial charge in [0.05, 0.1) is 0 Å². The first-order chi connectivity index (χ1) is 13.6. The van der Waals surface area contributed by atoms with Crippen LogP contribution in [0, 0.1) is 5.92 Å². The summed E-state index contributed by atoms with van der Waals surface area (Å²) in [6.45, 7) is 12.4. The van der Waals surface area contributed by atoms with Crippen LogP contribution >= 0.6 is 0 Å². The highest BCUT2D eigenvalue weighted by Gasteiger charge is 2.33. The molecule has 160 valence electrons. The lowest BCUT2D eigenvalue weighted by molar-refractivity contribution is -0.133. The molecule has 1 aliphatic rings. The van der Waals surface area contributed by atoms with E-state index in [9.17, 15) is 20.1 Å². The second kappa shape index (κ2) is 9.51. The third kappa shape index (κ3) is 5.43. The van der Waals surface area contributed by atoms with Crippen molar-refractivity contribution in [3.8, 4) is 11.5 Å². The van der Waals surface area contributed by atoms with E-state index in [0.29, 0.717) is 24.0 Å². The topological polar surface area (TPSA) is 77.8 Å². The maximum Gasteiger partial charge on any atom is 0.331 e. The fourth-order valence-electron chi connectivity index (χ4n) is 4.42. The van der Waals surface area contributed by atoms with Gasteiger partial charge in [-0.05, 0) is 55.2 Å². The van der Waals surface area contributed by atoms with Gasteiger partial charge >= 0.3 is 5.97 Å². The van der Waals surface area contributed by atoms with Crippen LogP contribution in [-0.4, -0.2) is 21.3 Å². The number of aliphatic carboxylic acids is 1. The van der Waals surface area contributed by atoms with Crippen molar-refractivity contribution in [3.63, 3.8) is 0 Å². The van der Waals surface area contributed by atoms with Crippen LogP contribution in [0.25, 0.3) is 0 Å². The maximum atomic E-state index is 11.5. The summed E-state index contributed by atoms with van der Waals surface area (Å²) < 4.78 is 0. The zero-order valence-corrected chi connectivity index (χ0v) is 18.3. The van der Waals surface area contributed by atoms with Gasteiger partial charge in [-0.1, -0.05) is 64.7 Å². The number of carbonyl (C=O) groups is 1. The van der Waals surface area contributed by atoms with E-state index in [1.165, 1.54) is 19.3 Å². The van der Waals surface area contributed by atoms with Crippen LogP contribution in [0.15, 0.2) is 35.9 Å². The van der Waals surface area contributed by atoms with Crippen LogP contribution in [-0.2, 0) is 10.2 Å². The largest absolute Gasteiger partial charge is 0.507 e. The molecule has 0 amide bonds. The molecule has 0 bridgehead atoms. The molecule has 0 aliphatic heterocycles. The van der Waals surface area contributed by atoms with E-state index in [1.807, 2.05) is 6.92 Å². The molecular weight excluding hydrogens is 364 g/mol. The second-order valence-corrected chi connectivity index (χ2v) is 9.14. The van der Waals surface area contributed by atoms with Crippen molar-refractivity contribution in [2.24, 2.45) is 5.92 Å². The number of phenolic OH excluding ortho intramolecular Hbond substituents is 2. The third-order valence-corrected chi connectivity index (χ3v) is 6.35. The Balaban J connectivity index is 2.40. The monoisotopic (exact) mass is 400 g/mol. The van der Waals surface area contributed by atoms with Gasteiger partial charge in [-0.2, -0.15) is 0 Å². The zero-order chi connectivity index (χ0) is 21.8. The van der Waals surface area contributed by atoms with Crippen molar-refractivity contribution in [1.29, 1.82) is 0 Å². The van der Waals surface area contributed by atoms with E-state index >= 15 is 0 Å². The number of unbranched alkanes of at least 4 members (excludes halogenated alkanes) is 3. The maximum absolute atomic E-state index is 11.5. The lowest BCUT2D eigenvalue weighted by Gasteiger charge is -2.32. The normalized spacial score (nSPS) is 19.7. The molecule has 3 N–H and O–H groups in total. The quantitative estimate of drug-likeness (QED) is 0.330. The Kier molecular flexibility index (Phi) is 7.56. The Labute approximate surface area is 175 Å². The highest BCUT2D eigenvalue weighted by molar-refractivity contribution is 5.87. The summed E-state index contributed by atoms with van der Waals surface area (Å²) in [6.07, 6.45) is 8.45. The predicted molar refractivity (Wildman–Crippen MR) is 118 cm³/mol. The number of rotatable bonds is 9. The van der Waals surface area contributed by atoms with E-state index in [2.05, 4.69) is 27.4 Å². The second-order valence-electron chi connectivity index (χ2n) is 9.14. The molecule has 0 fully saturated rings. The molecule has 2 atom stereocenters. The van der Waals surface area contributed by atoms with Crippen LogP contribution in [0.4, 0.5) is 0 Å². The van der Waals surface area contributed by atoms with Gasteiger partial charge in [-0.15, -0.1) is 0 Å². The molecule has 0 aromatic heterocycles. The summed E-state index contributed by atoms with van der Waals surface area (Å²) >= 11 is 0. The van der Waals surface area contributed by atoms with Crippen LogP contribution < -0.4 is 0 Å². The molecule has 4 heteroatoms. The summed E-state index contributed by atoms with van der Waals surface area (Å²) in [6, 6.07) is 3.49. The summed E-state index contributed by atoms with van der Waals surface area (Å²) in [4.78, 5) is 11.5. The fourth-order valence-corrected chi connectivity index (χ4v) is 4.42. The minimum absolute atomic E-state index is 0.0113. The minimum atomic E-state index is -0.945. The van der Waals surface area contributed by atoms with E-state index < -0.39 is 11.9 Å². The zero-order valence-electron chi connectivity index (χ0n) is 18.3. The molecule has 1 aliphatic carbocycles. The summed E-state index contributed by atoms with van der Waals surface area (Å²) in [7, 11) is 0. The van der Waals surface area contributed by atoms with Crippen molar-refractivity contribution in [2.45, 2.75) is 84.0 Å². The molecule has 29 heavy (non-hydrogen) atoms. The van der Waals surface area contributed by atoms with E-state index in [4.69, 9.17) is 0 Å². The first-order valence-electron chi connectivity index (χ1n) is 10.7. The summed E-state index contributed by atoms with van der Waals surface area (Å²) in [5.74, 6) is -1.29. The number of carboxylic acid groups (broad SMARTS) is 1. The molecule has 0 spiro atoms. The summed E-state index contributed by atoms with van der Waals surface area (Å²) in [5.41, 5.74) is 2.39. The number of hydrogen-bond acceptors (Lipinski definition) is 3. The number of allylic oxidation sites excluding steroid dienone is 2. The molecule has 2 rings (SSSR count). The number of benzene rings is 1. The average Bonchev–Trinajstić information content (AvgIpc) is 2.64. The first kappa shape index (κ1) is 23.1. The van der Waals surface area contributed by atoms with Crippen molar-refractivity contribution in [3.05, 3.63) is 47.1 Å². The number of aromatic hydroxyl groups is 2. The number of phenols is 2. The van der Waals surface area contributed by atoms with Crippen LogP contribution in [0.3, 0.4) is 0 Å². The van der Waals surface area contributed by atoms with Crippen LogP contribution in [0.5, 0.6) is 11.5 Å². The molecule has 1 aromatic carbocycles. The van der Waals surface area contributed by atoms with E-state index in [0.717, 1.165) is 24.0 Å². The highest BCUT2D eigenvalue weighted by atomic mass is 16.4. The van der Waals surface area contributed by atoms with Gasteiger partial charge in [0.1, 0.15) is 11.5 Å². The minimum Gasteiger partial charge on any atom is -0.507 e. The van der Waals surface area contributed by atoms with Gasteiger partial charge in [0, 0.05) is 17.1 Å². The predicted octanol–water partition coefficient (Wildman–Crippen LogP) is 6.43. The van der Waals surface area contributed by atoms with Crippen LogP contribution in [0.2, 0.25) is 0 Å². The molecule has 4 nitrogen and oxygen atoms in total. The Morgan fingerprint density at radius 2 is 1.79 bits per heavy atom. The lowest BCUT2D eigenvalue weighted by Crippen LogP contribution is -2.21. The lowest BCUT2D eigenvalue weighted by atomic mass is 9.72. The molecule has 0 saturated carbocycles. The molecule has 0 saturated heterocycles. The molecule has 1 aromatic rings. The van der Waals surface area contributed by atoms with E-state index in [1.54, 1.807) is 18.2 Å². The Hall–Kier alpha value is -2.23. The van der Waals surface area contributed by atoms with Crippen molar-refractivity contribution >= 4 is 5.97 Å². The van der Waals surface area contributed by atoms with Gasteiger partial charge in [0.15, 0.2) is 0 Å². The van der Waals surface area contributed by atoms with Crippen molar-refractivity contribution in [2.75, 3.05) is 0 Å². The number of carboxylic acids is 1. The molecule has 0 radical (unpaired) electrons. The van der Waals surface area contributed by atoms with Crippen molar-refractivity contribution in [1.82, 2.24) is 0 Å². The van der Waals surface area contributed by atoms with E-state index in [-0.39, 0.29) is 22.8 Å². The standard InChI is InChI=1S/C25H36O4/c1-6-7-8-9-12-25(4,5)18-14-21(26)23(22(27)15-18)20-13-17(24(28)29)10-11-19(20)16(2)3/h13-15,19-20,26-27H,2,6-12H2,1,3-5H3,(H,28,29)/t19-,20+/m1/s1. The van der Waals surface area contributed by atoms with Crippen molar-refractivity contribution < 1.29 is 20.1 Å². The highest BCUT2D eigenvalue weighted by Crippen LogP contribution is 2.47. The Morgan fingerprint density at radius 1 is 1.17 bits per heavy atom. The molecule has 0 heterocycles. The Bertz CT molecular complexity index is 765.